The molecule has 1 saturated heterocycles. The summed E-state index contributed by atoms with van der Waals surface area (Å²) in [7, 11) is 0. The van der Waals surface area contributed by atoms with Gasteiger partial charge in [0.1, 0.15) is 6.61 Å². The summed E-state index contributed by atoms with van der Waals surface area (Å²) in [5.74, 6) is 0. The highest BCUT2D eigenvalue weighted by Crippen LogP contribution is 2.52. The summed E-state index contributed by atoms with van der Waals surface area (Å²) < 4.78 is 5.27. The summed E-state index contributed by atoms with van der Waals surface area (Å²) in [5.41, 5.74) is 10.8. The average Bonchev–Trinajstić information content (AvgIpc) is 3.39. The lowest BCUT2D eigenvalue weighted by Crippen LogP contribution is -2.40. The molecule has 4 aromatic rings. The van der Waals surface area contributed by atoms with E-state index in [0.29, 0.717) is 13.1 Å². The Kier molecular flexibility index (Phi) is 7.93. The van der Waals surface area contributed by atoms with Gasteiger partial charge in [-0.2, -0.15) is 0 Å². The highest BCUT2D eigenvalue weighted by Gasteiger charge is 2.44. The SMILES string of the molecule is NCC1CC(SC(c2ccccc2)(c2ccccc2)c2ccccc2)CN1C(=O)OCc1ccccc1. The van der Waals surface area contributed by atoms with Crippen LogP contribution in [0.3, 0.4) is 0 Å². The van der Waals surface area contributed by atoms with E-state index in [4.69, 9.17) is 10.5 Å². The van der Waals surface area contributed by atoms with Crippen LogP contribution in [0.4, 0.5) is 4.79 Å². The first kappa shape index (κ1) is 25.1. The Morgan fingerprint density at radius 1 is 0.784 bits per heavy atom. The van der Waals surface area contributed by atoms with E-state index in [1.165, 1.54) is 16.7 Å². The lowest BCUT2D eigenvalue weighted by Gasteiger charge is -2.37. The van der Waals surface area contributed by atoms with Crippen LogP contribution >= 0.6 is 11.8 Å². The van der Waals surface area contributed by atoms with Crippen LogP contribution in [-0.2, 0) is 16.1 Å². The number of hydrogen-bond acceptors (Lipinski definition) is 4. The van der Waals surface area contributed by atoms with E-state index in [9.17, 15) is 4.79 Å². The summed E-state index contributed by atoms with van der Waals surface area (Å²) in [6.45, 7) is 1.26. The zero-order valence-corrected chi connectivity index (χ0v) is 21.6. The van der Waals surface area contributed by atoms with Gasteiger partial charge in [-0.1, -0.05) is 121 Å². The summed E-state index contributed by atoms with van der Waals surface area (Å²) in [6.07, 6.45) is 0.516. The first-order chi connectivity index (χ1) is 18.2. The number of nitrogens with zero attached hydrogens (tertiary/aromatic N) is 1. The van der Waals surface area contributed by atoms with Crippen LogP contribution in [0.15, 0.2) is 121 Å². The lowest BCUT2D eigenvalue weighted by atomic mass is 9.84. The minimum Gasteiger partial charge on any atom is -0.445 e. The molecule has 5 heteroatoms. The topological polar surface area (TPSA) is 55.6 Å². The van der Waals surface area contributed by atoms with E-state index in [-0.39, 0.29) is 24.0 Å². The molecule has 1 aliphatic rings. The molecule has 4 aromatic carbocycles. The molecule has 4 nitrogen and oxygen atoms in total. The molecule has 2 unspecified atom stereocenters. The molecule has 2 atom stereocenters. The summed E-state index contributed by atoms with van der Waals surface area (Å²) in [5, 5.41) is 0.179. The molecule has 0 aliphatic carbocycles. The molecule has 1 fully saturated rings. The predicted molar refractivity (Wildman–Crippen MR) is 151 cm³/mol. The third kappa shape index (κ3) is 5.43. The van der Waals surface area contributed by atoms with Gasteiger partial charge in [0, 0.05) is 24.4 Å². The van der Waals surface area contributed by atoms with Gasteiger partial charge >= 0.3 is 6.09 Å². The second-order valence-electron chi connectivity index (χ2n) is 9.34. The monoisotopic (exact) mass is 508 g/mol. The van der Waals surface area contributed by atoms with Crippen molar-refractivity contribution in [3.63, 3.8) is 0 Å². The second-order valence-corrected chi connectivity index (χ2v) is 10.9. The molecule has 0 saturated carbocycles. The quantitative estimate of drug-likeness (QED) is 0.278. The summed E-state index contributed by atoms with van der Waals surface area (Å²) in [4.78, 5) is 15.0. The molecule has 0 aromatic heterocycles. The molecule has 37 heavy (non-hydrogen) atoms. The molecule has 2 N–H and O–H groups in total. The average molecular weight is 509 g/mol. The standard InChI is InChI=1S/C32H32N2O2S/c33-22-29-21-30(23-34(29)31(35)36-24-25-13-5-1-6-14-25)37-32(26-15-7-2-8-16-26,27-17-9-3-10-18-27)28-19-11-4-12-20-28/h1-20,29-30H,21-24,33H2. The van der Waals surface area contributed by atoms with Crippen molar-refractivity contribution in [1.82, 2.24) is 4.90 Å². The van der Waals surface area contributed by atoms with Crippen molar-refractivity contribution < 1.29 is 9.53 Å². The number of carbonyl (C=O) groups is 1. The van der Waals surface area contributed by atoms with Crippen LogP contribution in [0.1, 0.15) is 28.7 Å². The number of ether oxygens (including phenoxy) is 1. The Labute approximate surface area is 223 Å². The highest BCUT2D eigenvalue weighted by atomic mass is 32.2. The van der Waals surface area contributed by atoms with Crippen molar-refractivity contribution in [2.45, 2.75) is 29.1 Å². The Morgan fingerprint density at radius 2 is 1.24 bits per heavy atom. The third-order valence-electron chi connectivity index (χ3n) is 6.97. The van der Waals surface area contributed by atoms with E-state index in [0.717, 1.165) is 12.0 Å². The van der Waals surface area contributed by atoms with Crippen LogP contribution in [0, 0.1) is 0 Å². The van der Waals surface area contributed by atoms with Gasteiger partial charge in [-0.15, -0.1) is 11.8 Å². The second kappa shape index (κ2) is 11.7. The van der Waals surface area contributed by atoms with Gasteiger partial charge in [-0.25, -0.2) is 4.79 Å². The van der Waals surface area contributed by atoms with Crippen molar-refractivity contribution in [2.24, 2.45) is 5.73 Å². The minimum absolute atomic E-state index is 0.0548. The van der Waals surface area contributed by atoms with Crippen LogP contribution < -0.4 is 5.73 Å². The third-order valence-corrected chi connectivity index (χ3v) is 8.71. The minimum atomic E-state index is -0.433. The maximum atomic E-state index is 13.1. The largest absolute Gasteiger partial charge is 0.445 e. The van der Waals surface area contributed by atoms with Gasteiger partial charge in [0.05, 0.1) is 4.75 Å². The Balaban J connectivity index is 1.46. The van der Waals surface area contributed by atoms with Gasteiger partial charge < -0.3 is 15.4 Å². The Bertz CT molecular complexity index is 1170. The first-order valence-electron chi connectivity index (χ1n) is 12.7. The number of thioether (sulfide) groups is 1. The van der Waals surface area contributed by atoms with Crippen LogP contribution in [0.25, 0.3) is 0 Å². The van der Waals surface area contributed by atoms with Crippen molar-refractivity contribution >= 4 is 17.9 Å². The maximum Gasteiger partial charge on any atom is 0.410 e. The molecule has 1 amide bonds. The zero-order valence-electron chi connectivity index (χ0n) is 20.8. The Morgan fingerprint density at radius 3 is 1.70 bits per heavy atom. The van der Waals surface area contributed by atoms with Gasteiger partial charge in [-0.3, -0.25) is 0 Å². The van der Waals surface area contributed by atoms with Crippen molar-refractivity contribution in [3.8, 4) is 0 Å². The summed E-state index contributed by atoms with van der Waals surface area (Å²) in [6, 6.07) is 41.7. The first-order valence-corrected chi connectivity index (χ1v) is 13.6. The molecular weight excluding hydrogens is 476 g/mol. The summed E-state index contributed by atoms with van der Waals surface area (Å²) >= 11 is 1.91. The van der Waals surface area contributed by atoms with Gasteiger partial charge in [0.2, 0.25) is 0 Å². The van der Waals surface area contributed by atoms with E-state index < -0.39 is 4.75 Å². The highest BCUT2D eigenvalue weighted by molar-refractivity contribution is 8.01. The number of rotatable bonds is 8. The van der Waals surface area contributed by atoms with Gasteiger partial charge in [-0.05, 0) is 28.7 Å². The molecule has 1 heterocycles. The zero-order chi connectivity index (χ0) is 25.5. The number of hydrogen-bond donors (Lipinski definition) is 1. The van der Waals surface area contributed by atoms with E-state index in [2.05, 4.69) is 91.0 Å². The van der Waals surface area contributed by atoms with Crippen molar-refractivity contribution in [1.29, 1.82) is 0 Å². The number of benzene rings is 4. The number of likely N-dealkylation sites (tertiary alicyclic amines) is 1. The smallest absolute Gasteiger partial charge is 0.410 e. The number of nitrogens with two attached hydrogens (primary N) is 1. The number of carbonyl (C=O) groups excluding carboxylic acids is 1. The van der Waals surface area contributed by atoms with Crippen LogP contribution in [0.5, 0.6) is 0 Å². The molecular formula is C32H32N2O2S. The van der Waals surface area contributed by atoms with Crippen molar-refractivity contribution in [2.75, 3.05) is 13.1 Å². The molecule has 0 radical (unpaired) electrons. The van der Waals surface area contributed by atoms with Crippen LogP contribution in [-0.4, -0.2) is 35.4 Å². The molecule has 5 rings (SSSR count). The lowest BCUT2D eigenvalue weighted by molar-refractivity contribution is 0.0932. The van der Waals surface area contributed by atoms with Gasteiger partial charge in [0.15, 0.2) is 0 Å². The van der Waals surface area contributed by atoms with Crippen LogP contribution in [0.2, 0.25) is 0 Å². The maximum absolute atomic E-state index is 13.1. The molecule has 188 valence electrons. The fraction of sp³-hybridized carbons (Fsp3) is 0.219. The van der Waals surface area contributed by atoms with E-state index >= 15 is 0 Å². The fourth-order valence-corrected chi connectivity index (χ4v) is 7.05. The number of amides is 1. The van der Waals surface area contributed by atoms with E-state index in [1.54, 1.807) is 0 Å². The molecule has 0 bridgehead atoms. The van der Waals surface area contributed by atoms with E-state index in [1.807, 2.05) is 47.0 Å². The van der Waals surface area contributed by atoms with Gasteiger partial charge in [0.25, 0.3) is 0 Å². The predicted octanol–water partition coefficient (Wildman–Crippen LogP) is 6.45. The molecule has 1 aliphatic heterocycles. The normalized spacial score (nSPS) is 17.5. The fourth-order valence-electron chi connectivity index (χ4n) is 5.18. The molecule has 0 spiro atoms. The Hall–Kier alpha value is -3.54. The van der Waals surface area contributed by atoms with Crippen molar-refractivity contribution in [3.05, 3.63) is 144 Å².